The number of benzene rings is 1. The molecule has 0 saturated heterocycles. The van der Waals surface area contributed by atoms with E-state index in [2.05, 4.69) is 60.0 Å². The van der Waals surface area contributed by atoms with E-state index in [0.717, 1.165) is 15.5 Å². The maximum atomic E-state index is 12.3. The van der Waals surface area contributed by atoms with Crippen LogP contribution in [-0.2, 0) is 4.74 Å². The Bertz CT molecular complexity index is 995. The molecule has 2 heterocycles. The number of halogens is 1. The average molecular weight is 466 g/mol. The molecule has 1 aromatic carbocycles. The van der Waals surface area contributed by atoms with Crippen molar-refractivity contribution in [1.82, 2.24) is 14.8 Å². The fourth-order valence-electron chi connectivity index (χ4n) is 2.57. The molecule has 142 valence electrons. The number of rotatable bonds is 5. The molecule has 2 aromatic heterocycles. The van der Waals surface area contributed by atoms with Gasteiger partial charge in [0.2, 0.25) is 5.13 Å². The Morgan fingerprint density at radius 3 is 2.70 bits per heavy atom. The number of methoxy groups -OCH3 is 1. The molecule has 3 rings (SSSR count). The zero-order valence-electron chi connectivity index (χ0n) is 15.7. The number of aryl methyl sites for hydroxylation is 2. The highest BCUT2D eigenvalue weighted by Gasteiger charge is 2.25. The van der Waals surface area contributed by atoms with Gasteiger partial charge >= 0.3 is 5.97 Å². The molecule has 0 bridgehead atoms. The Balaban J connectivity index is 2.19. The number of hydrogen-bond acceptors (Lipinski definition) is 6. The van der Waals surface area contributed by atoms with Gasteiger partial charge < -0.3 is 4.74 Å². The van der Waals surface area contributed by atoms with Gasteiger partial charge in [0.25, 0.3) is 0 Å². The summed E-state index contributed by atoms with van der Waals surface area (Å²) in [4.78, 5) is 17.1. The second-order valence-corrected chi connectivity index (χ2v) is 9.94. The zero-order chi connectivity index (χ0) is 19.7. The van der Waals surface area contributed by atoms with Gasteiger partial charge in [-0.1, -0.05) is 48.9 Å². The first kappa shape index (κ1) is 20.1. The van der Waals surface area contributed by atoms with Crippen molar-refractivity contribution in [3.05, 3.63) is 45.7 Å². The third-order valence-electron chi connectivity index (χ3n) is 3.77. The molecule has 0 aliphatic rings. The first-order valence-corrected chi connectivity index (χ1v) is 10.9. The number of carbonyl (C=O) groups is 1. The molecule has 0 aliphatic heterocycles. The lowest BCUT2D eigenvalue weighted by Gasteiger charge is -2.05. The van der Waals surface area contributed by atoms with Crippen molar-refractivity contribution < 1.29 is 9.53 Å². The second-order valence-electron chi connectivity index (χ2n) is 6.32. The number of aromatic nitrogens is 3. The minimum absolute atomic E-state index is 0.348. The molecule has 27 heavy (non-hydrogen) atoms. The molecular weight excluding hydrogens is 446 g/mol. The maximum absolute atomic E-state index is 12.3. The summed E-state index contributed by atoms with van der Waals surface area (Å²) in [5, 5.41) is 5.55. The summed E-state index contributed by atoms with van der Waals surface area (Å²) in [5.41, 5.74) is 4.21. The van der Waals surface area contributed by atoms with Crippen molar-refractivity contribution >= 4 is 45.0 Å². The predicted octanol–water partition coefficient (Wildman–Crippen LogP) is 5.66. The van der Waals surface area contributed by atoms with Crippen molar-refractivity contribution in [3.63, 3.8) is 0 Å². The molecule has 5 nitrogen and oxygen atoms in total. The molecule has 0 aliphatic carbocycles. The van der Waals surface area contributed by atoms with Crippen molar-refractivity contribution in [1.29, 1.82) is 0 Å². The zero-order valence-corrected chi connectivity index (χ0v) is 19.0. The van der Waals surface area contributed by atoms with Gasteiger partial charge in [0.15, 0.2) is 5.69 Å². The van der Waals surface area contributed by atoms with Gasteiger partial charge in [0.05, 0.1) is 27.2 Å². The highest BCUT2D eigenvalue weighted by molar-refractivity contribution is 9.10. The van der Waals surface area contributed by atoms with E-state index in [1.165, 1.54) is 24.0 Å². The van der Waals surface area contributed by atoms with Crippen molar-refractivity contribution in [2.45, 2.75) is 37.2 Å². The van der Waals surface area contributed by atoms with Gasteiger partial charge in [-0.2, -0.15) is 9.78 Å². The Morgan fingerprint density at radius 1 is 1.33 bits per heavy atom. The molecule has 0 atom stereocenters. The van der Waals surface area contributed by atoms with Crippen LogP contribution in [0.25, 0.3) is 16.4 Å². The van der Waals surface area contributed by atoms with E-state index < -0.39 is 5.97 Å². The van der Waals surface area contributed by atoms with Crippen LogP contribution in [-0.4, -0.2) is 33.1 Å². The van der Waals surface area contributed by atoms with E-state index in [4.69, 9.17) is 9.72 Å². The molecule has 0 unspecified atom stereocenters. The van der Waals surface area contributed by atoms with E-state index >= 15 is 0 Å². The summed E-state index contributed by atoms with van der Waals surface area (Å²) in [6.07, 6.45) is 0. The van der Waals surface area contributed by atoms with Crippen LogP contribution in [0.5, 0.6) is 0 Å². The van der Waals surface area contributed by atoms with Crippen LogP contribution in [0.3, 0.4) is 0 Å². The predicted molar refractivity (Wildman–Crippen MR) is 114 cm³/mol. The first-order valence-electron chi connectivity index (χ1n) is 8.40. The van der Waals surface area contributed by atoms with E-state index in [0.29, 0.717) is 26.2 Å². The molecule has 0 spiro atoms. The number of carbonyl (C=O) groups excluding carboxylic acids is 1. The highest BCUT2D eigenvalue weighted by Crippen LogP contribution is 2.40. The van der Waals surface area contributed by atoms with E-state index in [1.54, 1.807) is 16.4 Å². The number of esters is 1. The molecule has 0 amide bonds. The topological polar surface area (TPSA) is 57.0 Å². The summed E-state index contributed by atoms with van der Waals surface area (Å²) >= 11 is 6.74. The van der Waals surface area contributed by atoms with Gasteiger partial charge in [-0.25, -0.2) is 9.78 Å². The number of ether oxygens (including phenoxy) is 1. The summed E-state index contributed by atoms with van der Waals surface area (Å²) < 4.78 is 8.23. The average Bonchev–Trinajstić information content (AvgIpc) is 3.15. The fourth-order valence-corrected chi connectivity index (χ4v) is 5.46. The third kappa shape index (κ3) is 4.12. The maximum Gasteiger partial charge on any atom is 0.358 e. The third-order valence-corrected chi connectivity index (χ3v) is 6.96. The standard InChI is InChI=1S/C19H20BrN3O2S2/c1-10(2)26-18-15(13-8-6-7-11(3)9-13)21-19(27-18)23-16(17(24)25-5)14(20)12(4)22-23/h6-10H,1-5H3. The van der Waals surface area contributed by atoms with Gasteiger partial charge in [-0.15, -0.1) is 11.8 Å². The first-order chi connectivity index (χ1) is 12.8. The number of thiazole rings is 1. The molecule has 0 N–H and O–H groups in total. The summed E-state index contributed by atoms with van der Waals surface area (Å²) in [6.45, 7) is 8.21. The minimum atomic E-state index is -0.451. The Hall–Kier alpha value is -1.64. The van der Waals surface area contributed by atoms with Gasteiger partial charge in [-0.05, 0) is 35.8 Å². The Morgan fingerprint density at radius 2 is 2.07 bits per heavy atom. The van der Waals surface area contributed by atoms with Gasteiger partial charge in [-0.3, -0.25) is 0 Å². The van der Waals surface area contributed by atoms with E-state index in [-0.39, 0.29) is 0 Å². The normalized spacial score (nSPS) is 11.2. The molecule has 3 aromatic rings. The van der Waals surface area contributed by atoms with Crippen molar-refractivity contribution in [3.8, 4) is 16.4 Å². The van der Waals surface area contributed by atoms with Crippen molar-refractivity contribution in [2.75, 3.05) is 7.11 Å². The highest BCUT2D eigenvalue weighted by atomic mass is 79.9. The fraction of sp³-hybridized carbons (Fsp3) is 0.316. The number of hydrogen-bond donors (Lipinski definition) is 0. The Labute approximate surface area is 175 Å². The lowest BCUT2D eigenvalue weighted by molar-refractivity contribution is 0.0589. The van der Waals surface area contributed by atoms with Crippen LogP contribution in [0.2, 0.25) is 0 Å². The lowest BCUT2D eigenvalue weighted by Crippen LogP contribution is -2.10. The van der Waals surface area contributed by atoms with Crippen LogP contribution >= 0.6 is 39.0 Å². The molecular formula is C19H20BrN3O2S2. The quantitative estimate of drug-likeness (QED) is 0.359. The van der Waals surface area contributed by atoms with Crippen LogP contribution in [0, 0.1) is 13.8 Å². The smallest absolute Gasteiger partial charge is 0.358 e. The van der Waals surface area contributed by atoms with E-state index in [9.17, 15) is 4.79 Å². The second kappa shape index (κ2) is 8.16. The molecule has 0 fully saturated rings. The van der Waals surface area contributed by atoms with Gasteiger partial charge in [0, 0.05) is 10.8 Å². The molecule has 0 radical (unpaired) electrons. The summed E-state index contributed by atoms with van der Waals surface area (Å²) in [5.74, 6) is -0.451. The lowest BCUT2D eigenvalue weighted by atomic mass is 10.1. The minimum Gasteiger partial charge on any atom is -0.464 e. The van der Waals surface area contributed by atoms with E-state index in [1.807, 2.05) is 13.0 Å². The Kier molecular flexibility index (Phi) is 6.08. The SMILES string of the molecule is COC(=O)c1c(Br)c(C)nn1-c1nc(-c2cccc(C)c2)c(SC(C)C)s1. The van der Waals surface area contributed by atoms with Gasteiger partial charge in [0.1, 0.15) is 0 Å². The van der Waals surface area contributed by atoms with Crippen LogP contribution < -0.4 is 0 Å². The van der Waals surface area contributed by atoms with Crippen LogP contribution in [0.1, 0.15) is 35.6 Å². The van der Waals surface area contributed by atoms with Crippen molar-refractivity contribution in [2.24, 2.45) is 0 Å². The number of nitrogens with zero attached hydrogens (tertiary/aromatic N) is 3. The number of thioether (sulfide) groups is 1. The summed E-state index contributed by atoms with van der Waals surface area (Å²) in [7, 11) is 1.36. The molecule has 0 saturated carbocycles. The molecule has 8 heteroatoms. The largest absolute Gasteiger partial charge is 0.464 e. The van der Waals surface area contributed by atoms with Crippen LogP contribution in [0.15, 0.2) is 32.9 Å². The van der Waals surface area contributed by atoms with Crippen LogP contribution in [0.4, 0.5) is 0 Å². The monoisotopic (exact) mass is 465 g/mol. The summed E-state index contributed by atoms with van der Waals surface area (Å²) in [6, 6.07) is 8.27.